The SMILES string of the molecule is Cc1ccc(=O)[nH]c1.Cc1ccc(=O)n(-c2ccccc2)c1. The maximum atomic E-state index is 11.5. The molecule has 4 heteroatoms. The van der Waals surface area contributed by atoms with Gasteiger partial charge in [0.05, 0.1) is 0 Å². The molecule has 3 aromatic rings. The minimum absolute atomic E-state index is 0.00167. The van der Waals surface area contributed by atoms with Gasteiger partial charge in [-0.15, -0.1) is 0 Å². The predicted octanol–water partition coefficient (Wildman–Crippen LogP) is 2.83. The Labute approximate surface area is 128 Å². The number of H-pyrrole nitrogens is 1. The van der Waals surface area contributed by atoms with Crippen LogP contribution in [0.3, 0.4) is 0 Å². The van der Waals surface area contributed by atoms with Gasteiger partial charge in [0.25, 0.3) is 5.56 Å². The smallest absolute Gasteiger partial charge is 0.255 e. The number of hydrogen-bond donors (Lipinski definition) is 1. The van der Waals surface area contributed by atoms with Crippen molar-refractivity contribution in [2.24, 2.45) is 0 Å². The Morgan fingerprint density at radius 2 is 1.50 bits per heavy atom. The molecule has 0 atom stereocenters. The van der Waals surface area contributed by atoms with Crippen molar-refractivity contribution < 1.29 is 0 Å². The van der Waals surface area contributed by atoms with E-state index in [4.69, 9.17) is 0 Å². The summed E-state index contributed by atoms with van der Waals surface area (Å²) in [5, 5.41) is 0. The minimum Gasteiger partial charge on any atom is -0.329 e. The molecular weight excluding hydrogens is 276 g/mol. The van der Waals surface area contributed by atoms with E-state index in [1.807, 2.05) is 56.4 Å². The van der Waals surface area contributed by atoms with Gasteiger partial charge >= 0.3 is 0 Å². The van der Waals surface area contributed by atoms with Crippen LogP contribution in [0.2, 0.25) is 0 Å². The average molecular weight is 294 g/mol. The first-order chi connectivity index (χ1) is 10.6. The summed E-state index contributed by atoms with van der Waals surface area (Å²) in [6.07, 6.45) is 3.53. The number of hydrogen-bond acceptors (Lipinski definition) is 2. The zero-order chi connectivity index (χ0) is 15.9. The Hall–Kier alpha value is -2.88. The third-order valence-electron chi connectivity index (χ3n) is 3.03. The Bertz CT molecular complexity index is 828. The summed E-state index contributed by atoms with van der Waals surface area (Å²) in [7, 11) is 0. The van der Waals surface area contributed by atoms with Crippen LogP contribution in [0.25, 0.3) is 5.69 Å². The number of rotatable bonds is 1. The fourth-order valence-corrected chi connectivity index (χ4v) is 1.87. The highest BCUT2D eigenvalue weighted by atomic mass is 16.1. The van der Waals surface area contributed by atoms with Crippen molar-refractivity contribution in [1.29, 1.82) is 0 Å². The van der Waals surface area contributed by atoms with E-state index in [-0.39, 0.29) is 11.1 Å². The summed E-state index contributed by atoms with van der Waals surface area (Å²) in [6, 6.07) is 16.3. The molecule has 1 N–H and O–H groups in total. The Morgan fingerprint density at radius 1 is 0.818 bits per heavy atom. The summed E-state index contributed by atoms with van der Waals surface area (Å²) >= 11 is 0. The van der Waals surface area contributed by atoms with Crippen molar-refractivity contribution in [1.82, 2.24) is 9.55 Å². The number of para-hydroxylation sites is 1. The molecule has 0 radical (unpaired) electrons. The van der Waals surface area contributed by atoms with Crippen LogP contribution in [0.1, 0.15) is 11.1 Å². The van der Waals surface area contributed by atoms with E-state index >= 15 is 0 Å². The summed E-state index contributed by atoms with van der Waals surface area (Å²) < 4.78 is 1.65. The van der Waals surface area contributed by atoms with Crippen molar-refractivity contribution in [2.75, 3.05) is 0 Å². The number of aromatic amines is 1. The number of nitrogens with one attached hydrogen (secondary N) is 1. The van der Waals surface area contributed by atoms with E-state index in [9.17, 15) is 9.59 Å². The van der Waals surface area contributed by atoms with Gasteiger partial charge in [0, 0.05) is 30.2 Å². The average Bonchev–Trinajstić information content (AvgIpc) is 2.54. The fourth-order valence-electron chi connectivity index (χ4n) is 1.87. The van der Waals surface area contributed by atoms with E-state index in [2.05, 4.69) is 4.98 Å². The van der Waals surface area contributed by atoms with Crippen molar-refractivity contribution in [3.63, 3.8) is 0 Å². The van der Waals surface area contributed by atoms with Crippen molar-refractivity contribution in [3.05, 3.63) is 98.8 Å². The fraction of sp³-hybridized carbons (Fsp3) is 0.111. The Morgan fingerprint density at radius 3 is 2.09 bits per heavy atom. The molecule has 0 saturated heterocycles. The zero-order valence-electron chi connectivity index (χ0n) is 12.6. The highest BCUT2D eigenvalue weighted by Gasteiger charge is 1.97. The van der Waals surface area contributed by atoms with Gasteiger partial charge in [0.15, 0.2) is 0 Å². The molecule has 0 saturated carbocycles. The van der Waals surface area contributed by atoms with Crippen LogP contribution >= 0.6 is 0 Å². The van der Waals surface area contributed by atoms with E-state index in [0.717, 1.165) is 16.8 Å². The lowest BCUT2D eigenvalue weighted by molar-refractivity contribution is 0.976. The lowest BCUT2D eigenvalue weighted by Gasteiger charge is -2.05. The first-order valence-corrected chi connectivity index (χ1v) is 6.96. The minimum atomic E-state index is -0.0457. The first-order valence-electron chi connectivity index (χ1n) is 6.96. The quantitative estimate of drug-likeness (QED) is 0.750. The van der Waals surface area contributed by atoms with E-state index < -0.39 is 0 Å². The number of pyridine rings is 2. The maximum absolute atomic E-state index is 11.5. The monoisotopic (exact) mass is 294 g/mol. The number of aromatic nitrogens is 2. The van der Waals surface area contributed by atoms with Crippen LogP contribution in [0.5, 0.6) is 0 Å². The molecule has 0 aliphatic heterocycles. The highest BCUT2D eigenvalue weighted by molar-refractivity contribution is 5.32. The van der Waals surface area contributed by atoms with Gasteiger partial charge < -0.3 is 4.98 Å². The molecule has 1 aromatic carbocycles. The molecule has 0 aliphatic rings. The summed E-state index contributed by atoms with van der Waals surface area (Å²) in [4.78, 5) is 24.4. The molecule has 112 valence electrons. The molecule has 22 heavy (non-hydrogen) atoms. The van der Waals surface area contributed by atoms with Gasteiger partial charge in [-0.3, -0.25) is 14.2 Å². The first kappa shape index (κ1) is 15.5. The molecule has 2 heterocycles. The lowest BCUT2D eigenvalue weighted by Crippen LogP contribution is -2.16. The number of aryl methyl sites for hydroxylation is 2. The highest BCUT2D eigenvalue weighted by Crippen LogP contribution is 2.04. The number of benzene rings is 1. The third kappa shape index (κ3) is 4.31. The lowest BCUT2D eigenvalue weighted by atomic mass is 10.3. The molecule has 0 amide bonds. The van der Waals surface area contributed by atoms with Crippen molar-refractivity contribution in [3.8, 4) is 5.69 Å². The van der Waals surface area contributed by atoms with Crippen molar-refractivity contribution >= 4 is 0 Å². The molecule has 3 rings (SSSR count). The molecular formula is C18H18N2O2. The maximum Gasteiger partial charge on any atom is 0.255 e. The molecule has 0 unspecified atom stereocenters. The van der Waals surface area contributed by atoms with E-state index in [1.165, 1.54) is 6.07 Å². The third-order valence-corrected chi connectivity index (χ3v) is 3.03. The molecule has 4 nitrogen and oxygen atoms in total. The Kier molecular flexibility index (Phi) is 5.09. The molecule has 0 bridgehead atoms. The van der Waals surface area contributed by atoms with Gasteiger partial charge in [-0.2, -0.15) is 0 Å². The van der Waals surface area contributed by atoms with Gasteiger partial charge in [0.1, 0.15) is 0 Å². The second-order valence-corrected chi connectivity index (χ2v) is 4.98. The molecule has 0 aliphatic carbocycles. The second kappa shape index (κ2) is 7.22. The topological polar surface area (TPSA) is 54.9 Å². The van der Waals surface area contributed by atoms with Gasteiger partial charge in [0.2, 0.25) is 5.56 Å². The largest absolute Gasteiger partial charge is 0.329 e. The predicted molar refractivity (Wildman–Crippen MR) is 88.6 cm³/mol. The van der Waals surface area contributed by atoms with Gasteiger partial charge in [-0.1, -0.05) is 30.3 Å². The summed E-state index contributed by atoms with van der Waals surface area (Å²) in [5.74, 6) is 0. The van der Waals surface area contributed by atoms with Crippen LogP contribution < -0.4 is 11.1 Å². The van der Waals surface area contributed by atoms with E-state index in [0.29, 0.717) is 0 Å². The van der Waals surface area contributed by atoms with Crippen LogP contribution in [-0.2, 0) is 0 Å². The summed E-state index contributed by atoms with van der Waals surface area (Å²) in [5.41, 5.74) is 3.01. The van der Waals surface area contributed by atoms with Gasteiger partial charge in [-0.05, 0) is 37.1 Å². The zero-order valence-corrected chi connectivity index (χ0v) is 12.6. The molecule has 0 fully saturated rings. The molecule has 2 aromatic heterocycles. The van der Waals surface area contributed by atoms with E-state index in [1.54, 1.807) is 22.9 Å². The van der Waals surface area contributed by atoms with Crippen LogP contribution in [-0.4, -0.2) is 9.55 Å². The molecule has 0 spiro atoms. The normalized spacial score (nSPS) is 9.73. The second-order valence-electron chi connectivity index (χ2n) is 4.98. The van der Waals surface area contributed by atoms with Gasteiger partial charge in [-0.25, -0.2) is 0 Å². The number of nitrogens with zero attached hydrogens (tertiary/aromatic N) is 1. The standard InChI is InChI=1S/C12H11NO.C6H7NO/c1-10-7-8-12(14)13(9-10)11-5-3-2-4-6-11;1-5-2-3-6(8)7-4-5/h2-9H,1H3;2-4H,1H3,(H,7,8). The van der Waals surface area contributed by atoms with Crippen LogP contribution in [0.15, 0.2) is 76.6 Å². The Balaban J connectivity index is 0.000000188. The van der Waals surface area contributed by atoms with Crippen molar-refractivity contribution in [2.45, 2.75) is 13.8 Å². The summed E-state index contributed by atoms with van der Waals surface area (Å²) in [6.45, 7) is 3.90. The van der Waals surface area contributed by atoms with Crippen LogP contribution in [0, 0.1) is 13.8 Å². The van der Waals surface area contributed by atoms with Crippen LogP contribution in [0.4, 0.5) is 0 Å².